The molecule has 0 spiro atoms. The van der Waals surface area contributed by atoms with E-state index in [1.807, 2.05) is 0 Å². The second kappa shape index (κ2) is 12.9. The molecule has 0 radical (unpaired) electrons. The molecule has 1 unspecified atom stereocenters. The van der Waals surface area contributed by atoms with E-state index in [1.54, 1.807) is 21.3 Å². The van der Waals surface area contributed by atoms with Gasteiger partial charge in [-0.05, 0) is 65.6 Å². The van der Waals surface area contributed by atoms with Crippen LogP contribution >= 0.6 is 0 Å². The minimum Gasteiger partial charge on any atom is -0.330 e. The molecule has 1 aliphatic carbocycles. The zero-order chi connectivity index (χ0) is 25.3. The number of allylic oxidation sites excluding steroid dienone is 1. The van der Waals surface area contributed by atoms with E-state index in [2.05, 4.69) is 69.3 Å². The monoisotopic (exact) mass is 478 g/mol. The first kappa shape index (κ1) is 27.6. The molecule has 0 fully saturated rings. The highest BCUT2D eigenvalue weighted by atomic mass is 16.9. The van der Waals surface area contributed by atoms with Gasteiger partial charge in [0, 0.05) is 21.3 Å². The van der Waals surface area contributed by atoms with Crippen LogP contribution in [0.25, 0.3) is 17.2 Å². The van der Waals surface area contributed by atoms with Gasteiger partial charge in [0.2, 0.25) is 0 Å². The average Bonchev–Trinajstić information content (AvgIpc) is 3.25. The van der Waals surface area contributed by atoms with Gasteiger partial charge in [-0.15, -0.1) is 0 Å². The highest BCUT2D eigenvalue weighted by Gasteiger charge is 2.55. The molecular formula is C32H46O3. The number of rotatable bonds is 15. The van der Waals surface area contributed by atoms with E-state index in [9.17, 15) is 0 Å². The van der Waals surface area contributed by atoms with E-state index in [0.717, 1.165) is 32.1 Å². The predicted molar refractivity (Wildman–Crippen MR) is 148 cm³/mol. The Morgan fingerprint density at radius 1 is 0.800 bits per heavy atom. The molecule has 0 N–H and O–H groups in total. The summed E-state index contributed by atoms with van der Waals surface area (Å²) >= 11 is 0. The molecular weight excluding hydrogens is 432 g/mol. The van der Waals surface area contributed by atoms with Crippen LogP contribution in [0.5, 0.6) is 0 Å². The van der Waals surface area contributed by atoms with Crippen LogP contribution in [0.3, 0.4) is 0 Å². The summed E-state index contributed by atoms with van der Waals surface area (Å²) in [6.45, 7) is 6.61. The Labute approximate surface area is 213 Å². The summed E-state index contributed by atoms with van der Waals surface area (Å²) in [6, 6.07) is 13.5. The molecule has 0 aromatic heterocycles. The molecule has 1 aliphatic rings. The second-order valence-electron chi connectivity index (χ2n) is 9.95. The van der Waals surface area contributed by atoms with E-state index in [1.165, 1.54) is 65.5 Å². The third kappa shape index (κ3) is 5.43. The van der Waals surface area contributed by atoms with Crippen molar-refractivity contribution in [1.29, 1.82) is 0 Å². The van der Waals surface area contributed by atoms with Crippen molar-refractivity contribution in [1.82, 2.24) is 0 Å². The predicted octanol–water partition coefficient (Wildman–Crippen LogP) is 8.67. The molecule has 3 heteroatoms. The number of hydrogen-bond donors (Lipinski definition) is 0. The van der Waals surface area contributed by atoms with Crippen LogP contribution in [-0.4, -0.2) is 27.3 Å². The Morgan fingerprint density at radius 3 is 2.14 bits per heavy atom. The van der Waals surface area contributed by atoms with Crippen LogP contribution in [0.15, 0.2) is 42.5 Å². The molecule has 0 amide bonds. The van der Waals surface area contributed by atoms with Crippen molar-refractivity contribution >= 4 is 6.08 Å². The minimum absolute atomic E-state index is 0.422. The van der Waals surface area contributed by atoms with E-state index in [-0.39, 0.29) is 0 Å². The highest BCUT2D eigenvalue weighted by Crippen LogP contribution is 2.52. The number of ether oxygens (including phenoxy) is 3. The van der Waals surface area contributed by atoms with E-state index < -0.39 is 11.4 Å². The zero-order valence-corrected chi connectivity index (χ0v) is 22.9. The Kier molecular flexibility index (Phi) is 10.1. The molecule has 0 aliphatic heterocycles. The van der Waals surface area contributed by atoms with E-state index in [0.29, 0.717) is 0 Å². The quantitative estimate of drug-likeness (QED) is 0.161. The normalized spacial score (nSPS) is 14.8. The summed E-state index contributed by atoms with van der Waals surface area (Å²) in [4.78, 5) is 0. The van der Waals surface area contributed by atoms with Crippen molar-refractivity contribution in [2.45, 2.75) is 96.4 Å². The van der Waals surface area contributed by atoms with Crippen molar-refractivity contribution < 1.29 is 14.2 Å². The fourth-order valence-electron chi connectivity index (χ4n) is 6.30. The number of benzene rings is 2. The Hall–Kier alpha value is -1.94. The summed E-state index contributed by atoms with van der Waals surface area (Å²) in [5.74, 6) is -1.15. The third-order valence-corrected chi connectivity index (χ3v) is 7.85. The lowest BCUT2D eigenvalue weighted by Crippen LogP contribution is -2.56. The van der Waals surface area contributed by atoms with Gasteiger partial charge in [0.15, 0.2) is 0 Å². The van der Waals surface area contributed by atoms with Crippen LogP contribution < -0.4 is 0 Å². The third-order valence-electron chi connectivity index (χ3n) is 7.85. The van der Waals surface area contributed by atoms with Gasteiger partial charge >= 0.3 is 0 Å². The molecule has 0 saturated carbocycles. The Morgan fingerprint density at radius 2 is 1.49 bits per heavy atom. The van der Waals surface area contributed by atoms with Gasteiger partial charge in [0.25, 0.3) is 5.97 Å². The second-order valence-corrected chi connectivity index (χ2v) is 9.95. The summed E-state index contributed by atoms with van der Waals surface area (Å²) in [6.07, 6.45) is 15.7. The maximum absolute atomic E-state index is 6.18. The molecule has 0 heterocycles. The molecule has 1 atom stereocenters. The highest BCUT2D eigenvalue weighted by molar-refractivity contribution is 5.80. The maximum atomic E-state index is 6.18. The van der Waals surface area contributed by atoms with Crippen molar-refractivity contribution in [2.24, 2.45) is 0 Å². The van der Waals surface area contributed by atoms with Crippen LogP contribution in [0.1, 0.15) is 101 Å². The Bertz CT molecular complexity index is 965. The van der Waals surface area contributed by atoms with Gasteiger partial charge in [0.05, 0.1) is 5.41 Å². The Balaban J connectivity index is 2.19. The fourth-order valence-corrected chi connectivity index (χ4v) is 6.30. The molecule has 192 valence electrons. The van der Waals surface area contributed by atoms with Crippen molar-refractivity contribution in [3.05, 3.63) is 64.7 Å². The molecule has 0 bridgehead atoms. The van der Waals surface area contributed by atoms with E-state index >= 15 is 0 Å². The number of methoxy groups -OCH3 is 3. The summed E-state index contributed by atoms with van der Waals surface area (Å²) in [5, 5.41) is 0. The van der Waals surface area contributed by atoms with Crippen molar-refractivity contribution in [3.63, 3.8) is 0 Å². The first-order valence-electron chi connectivity index (χ1n) is 13.6. The topological polar surface area (TPSA) is 27.7 Å². The van der Waals surface area contributed by atoms with Gasteiger partial charge in [-0.2, -0.15) is 0 Å². The maximum Gasteiger partial charge on any atom is 0.292 e. The van der Waals surface area contributed by atoms with Gasteiger partial charge in [-0.1, -0.05) is 101 Å². The van der Waals surface area contributed by atoms with Crippen LogP contribution in [0.2, 0.25) is 0 Å². The van der Waals surface area contributed by atoms with Crippen LogP contribution in [-0.2, 0) is 26.0 Å². The summed E-state index contributed by atoms with van der Waals surface area (Å²) in [5.41, 5.74) is 7.59. The molecule has 0 saturated heterocycles. The largest absolute Gasteiger partial charge is 0.330 e. The molecule has 2 aromatic rings. The van der Waals surface area contributed by atoms with Gasteiger partial charge in [0.1, 0.15) is 0 Å². The first-order chi connectivity index (χ1) is 17.1. The summed E-state index contributed by atoms with van der Waals surface area (Å²) in [7, 11) is 5.18. The first-order valence-corrected chi connectivity index (χ1v) is 13.6. The average molecular weight is 479 g/mol. The molecule has 2 aromatic carbocycles. The van der Waals surface area contributed by atoms with Crippen molar-refractivity contribution in [2.75, 3.05) is 21.3 Å². The molecule has 35 heavy (non-hydrogen) atoms. The van der Waals surface area contributed by atoms with Gasteiger partial charge in [-0.25, -0.2) is 0 Å². The molecule has 3 nitrogen and oxygen atoms in total. The lowest BCUT2D eigenvalue weighted by Gasteiger charge is -2.48. The lowest BCUT2D eigenvalue weighted by atomic mass is 9.68. The fraction of sp³-hybridized carbons (Fsp3) is 0.562. The van der Waals surface area contributed by atoms with Crippen LogP contribution in [0.4, 0.5) is 0 Å². The van der Waals surface area contributed by atoms with Gasteiger partial charge < -0.3 is 14.2 Å². The van der Waals surface area contributed by atoms with E-state index in [4.69, 9.17) is 14.2 Å². The number of fused-ring (bicyclic) bond motifs is 3. The summed E-state index contributed by atoms with van der Waals surface area (Å²) < 4.78 is 18.5. The van der Waals surface area contributed by atoms with Crippen molar-refractivity contribution in [3.8, 4) is 11.1 Å². The SMILES string of the molecule is CC=Cc1cc2c(c(C(CCC)(CCCCCCCC)C(OC)(OC)OC)c1)Cc1ccccc1-2. The van der Waals surface area contributed by atoms with Gasteiger partial charge in [-0.3, -0.25) is 0 Å². The zero-order valence-electron chi connectivity index (χ0n) is 22.9. The number of unbranched alkanes of at least 4 members (excludes halogenated alkanes) is 5. The standard InChI is InChI=1S/C32H46O3/c1-7-10-11-12-13-16-21-31(20-9-3,32(33-4,34-5)35-6)30-23-25(17-8-2)22-28-27-19-15-14-18-26(27)24-29(28)30/h8,14-15,17-19,22-23H,7,9-13,16,20-21,24H2,1-6H3. The van der Waals surface area contributed by atoms with Crippen LogP contribution in [0, 0.1) is 0 Å². The smallest absolute Gasteiger partial charge is 0.292 e. The lowest BCUT2D eigenvalue weighted by molar-refractivity contribution is -0.390. The minimum atomic E-state index is -1.15. The number of hydrogen-bond acceptors (Lipinski definition) is 3. The molecule has 3 rings (SSSR count).